The molecular formula is C11H8I3NO6. The van der Waals surface area contributed by atoms with Gasteiger partial charge in [0, 0.05) is 3.57 Å². The highest BCUT2D eigenvalue weighted by atomic mass is 127. The molecule has 10 heteroatoms. The fourth-order valence-electron chi connectivity index (χ4n) is 1.38. The number of anilines is 1. The van der Waals surface area contributed by atoms with Gasteiger partial charge in [-0.2, -0.15) is 0 Å². The van der Waals surface area contributed by atoms with Crippen LogP contribution in [0.25, 0.3) is 0 Å². The quantitative estimate of drug-likeness (QED) is 0.379. The maximum atomic E-state index is 11.6. The van der Waals surface area contributed by atoms with Gasteiger partial charge in [-0.25, -0.2) is 9.59 Å². The Morgan fingerprint density at radius 3 is 1.62 bits per heavy atom. The largest absolute Gasteiger partial charge is 0.478 e. The first-order chi connectivity index (χ1) is 9.59. The van der Waals surface area contributed by atoms with Crippen molar-refractivity contribution in [2.75, 3.05) is 5.32 Å². The number of hydrogen-bond acceptors (Lipinski definition) is 4. The second-order valence-electron chi connectivity index (χ2n) is 3.84. The summed E-state index contributed by atoms with van der Waals surface area (Å²) < 4.78 is 0.484. The highest BCUT2D eigenvalue weighted by Gasteiger charge is 2.28. The highest BCUT2D eigenvalue weighted by molar-refractivity contribution is 14.1. The van der Waals surface area contributed by atoms with Gasteiger partial charge in [0.2, 0.25) is 0 Å². The number of aliphatic hydroxyl groups excluding tert-OH is 1. The average molecular weight is 631 g/mol. The number of benzene rings is 1. The number of nitrogens with one attached hydrogen (secondary N) is 1. The van der Waals surface area contributed by atoms with Crippen molar-refractivity contribution in [1.29, 1.82) is 0 Å². The molecule has 0 aromatic heterocycles. The molecule has 0 aliphatic heterocycles. The summed E-state index contributed by atoms with van der Waals surface area (Å²) in [7, 11) is 0. The van der Waals surface area contributed by atoms with Crippen molar-refractivity contribution in [2.24, 2.45) is 0 Å². The second kappa shape index (κ2) is 7.36. The van der Waals surface area contributed by atoms with Crippen molar-refractivity contribution in [2.45, 2.75) is 13.0 Å². The fraction of sp³-hybridized carbons (Fsp3) is 0.182. The molecule has 1 amide bonds. The van der Waals surface area contributed by atoms with Crippen LogP contribution in [0.2, 0.25) is 0 Å². The number of carbonyl (C=O) groups excluding carboxylic acids is 1. The van der Waals surface area contributed by atoms with E-state index in [1.165, 1.54) is 6.92 Å². The standard InChI is InChI=1S/C11H8I3NO6/c1-2(16)9(17)15-8-6(13)3(10(18)19)5(12)4(7(8)14)11(20)21/h2,16H,1H3,(H,15,17)(H,18,19)(H,20,21)/t2-/m0/s1. The number of rotatable bonds is 4. The molecule has 0 bridgehead atoms. The van der Waals surface area contributed by atoms with E-state index >= 15 is 0 Å². The van der Waals surface area contributed by atoms with Crippen molar-refractivity contribution >= 4 is 91.3 Å². The Hall–Kier alpha value is -0.220. The Bertz CT molecular complexity index is 602. The van der Waals surface area contributed by atoms with Crippen molar-refractivity contribution in [3.63, 3.8) is 0 Å². The van der Waals surface area contributed by atoms with Crippen LogP contribution in [-0.4, -0.2) is 39.3 Å². The van der Waals surface area contributed by atoms with E-state index in [0.29, 0.717) is 0 Å². The van der Waals surface area contributed by atoms with Gasteiger partial charge in [0.15, 0.2) is 0 Å². The molecule has 0 spiro atoms. The third kappa shape index (κ3) is 3.95. The zero-order valence-electron chi connectivity index (χ0n) is 10.3. The third-order valence-electron chi connectivity index (χ3n) is 2.37. The summed E-state index contributed by atoms with van der Waals surface area (Å²) in [5, 5.41) is 30.1. The normalized spacial score (nSPS) is 11.9. The number of aromatic carboxylic acids is 2. The molecule has 0 fully saturated rings. The molecule has 0 radical (unpaired) electrons. The lowest BCUT2D eigenvalue weighted by atomic mass is 10.1. The maximum Gasteiger partial charge on any atom is 0.337 e. The molecule has 7 nitrogen and oxygen atoms in total. The van der Waals surface area contributed by atoms with Gasteiger partial charge in [0.05, 0.1) is 24.0 Å². The molecule has 0 saturated carbocycles. The first kappa shape index (κ1) is 18.8. The van der Waals surface area contributed by atoms with Gasteiger partial charge in [-0.05, 0) is 74.7 Å². The lowest BCUT2D eigenvalue weighted by Crippen LogP contribution is -2.27. The minimum atomic E-state index is -1.31. The molecule has 0 unspecified atom stereocenters. The van der Waals surface area contributed by atoms with Crippen LogP contribution in [0.3, 0.4) is 0 Å². The van der Waals surface area contributed by atoms with Crippen LogP contribution >= 0.6 is 67.8 Å². The summed E-state index contributed by atoms with van der Waals surface area (Å²) >= 11 is 5.10. The van der Waals surface area contributed by atoms with Crippen molar-refractivity contribution < 1.29 is 29.7 Å². The zero-order chi connectivity index (χ0) is 16.5. The number of aliphatic hydroxyl groups is 1. The van der Waals surface area contributed by atoms with Crippen molar-refractivity contribution in [1.82, 2.24) is 0 Å². The molecule has 0 aliphatic carbocycles. The Kier molecular flexibility index (Phi) is 6.60. The van der Waals surface area contributed by atoms with Crippen LogP contribution in [0.4, 0.5) is 5.69 Å². The van der Waals surface area contributed by atoms with E-state index in [0.717, 1.165) is 0 Å². The summed E-state index contributed by atoms with van der Waals surface area (Å²) in [5.41, 5.74) is -0.331. The van der Waals surface area contributed by atoms with Crippen molar-refractivity contribution in [3.05, 3.63) is 21.8 Å². The van der Waals surface area contributed by atoms with E-state index in [-0.39, 0.29) is 27.5 Å². The SMILES string of the molecule is C[C@H](O)C(=O)Nc1c(I)c(C(=O)O)c(I)c(C(=O)O)c1I. The van der Waals surface area contributed by atoms with E-state index in [2.05, 4.69) is 5.32 Å². The number of carboxylic acid groups (broad SMARTS) is 2. The second-order valence-corrected chi connectivity index (χ2v) is 7.08. The third-order valence-corrected chi connectivity index (χ3v) is 5.61. The van der Waals surface area contributed by atoms with E-state index in [1.807, 2.05) is 0 Å². The van der Waals surface area contributed by atoms with Gasteiger partial charge in [-0.15, -0.1) is 0 Å². The number of hydrogen-bond donors (Lipinski definition) is 4. The Morgan fingerprint density at radius 2 is 1.33 bits per heavy atom. The molecule has 1 aromatic rings. The van der Waals surface area contributed by atoms with Gasteiger partial charge in [-0.1, -0.05) is 0 Å². The van der Waals surface area contributed by atoms with E-state index < -0.39 is 23.9 Å². The van der Waals surface area contributed by atoms with E-state index in [4.69, 9.17) is 0 Å². The smallest absolute Gasteiger partial charge is 0.337 e. The summed E-state index contributed by atoms with van der Waals surface area (Å²) in [5.74, 6) is -3.34. The Labute approximate surface area is 159 Å². The van der Waals surface area contributed by atoms with E-state index in [9.17, 15) is 29.7 Å². The minimum absolute atomic E-state index is 0.0670. The van der Waals surface area contributed by atoms with Crippen LogP contribution in [0.1, 0.15) is 27.6 Å². The van der Waals surface area contributed by atoms with Gasteiger partial charge in [0.1, 0.15) is 6.10 Å². The summed E-state index contributed by atoms with van der Waals surface area (Å²) in [4.78, 5) is 34.3. The van der Waals surface area contributed by atoms with Crippen LogP contribution in [0.5, 0.6) is 0 Å². The van der Waals surface area contributed by atoms with Gasteiger partial charge in [0.25, 0.3) is 5.91 Å². The fourth-order valence-corrected chi connectivity index (χ4v) is 5.74. The monoisotopic (exact) mass is 631 g/mol. The van der Waals surface area contributed by atoms with Gasteiger partial charge < -0.3 is 20.6 Å². The predicted molar refractivity (Wildman–Crippen MR) is 98.8 cm³/mol. The maximum absolute atomic E-state index is 11.6. The number of carbonyl (C=O) groups is 3. The molecule has 1 atom stereocenters. The van der Waals surface area contributed by atoms with E-state index in [1.54, 1.807) is 67.8 Å². The molecule has 114 valence electrons. The van der Waals surface area contributed by atoms with Crippen LogP contribution < -0.4 is 5.32 Å². The lowest BCUT2D eigenvalue weighted by Gasteiger charge is -2.17. The molecule has 0 heterocycles. The first-order valence-electron chi connectivity index (χ1n) is 5.25. The molecule has 21 heavy (non-hydrogen) atoms. The molecule has 1 rings (SSSR count). The minimum Gasteiger partial charge on any atom is -0.478 e. The molecule has 0 saturated heterocycles. The molecule has 4 N–H and O–H groups in total. The predicted octanol–water partition coefficient (Wildman–Crippen LogP) is 2.22. The number of amides is 1. The molecular weight excluding hydrogens is 623 g/mol. The van der Waals surface area contributed by atoms with Gasteiger partial charge in [-0.3, -0.25) is 4.79 Å². The topological polar surface area (TPSA) is 124 Å². The van der Waals surface area contributed by atoms with Crippen LogP contribution in [0, 0.1) is 10.7 Å². The van der Waals surface area contributed by atoms with Crippen LogP contribution in [-0.2, 0) is 4.79 Å². The van der Waals surface area contributed by atoms with Crippen LogP contribution in [0.15, 0.2) is 0 Å². The summed E-state index contributed by atoms with van der Waals surface area (Å²) in [6.07, 6.45) is -1.31. The Morgan fingerprint density at radius 1 is 0.952 bits per heavy atom. The average Bonchev–Trinajstić information content (AvgIpc) is 2.32. The zero-order valence-corrected chi connectivity index (χ0v) is 16.8. The first-order valence-corrected chi connectivity index (χ1v) is 8.49. The molecule has 1 aromatic carbocycles. The Balaban J connectivity index is 3.67. The lowest BCUT2D eigenvalue weighted by molar-refractivity contribution is -0.123. The summed E-state index contributed by atoms with van der Waals surface area (Å²) in [6.45, 7) is 1.25. The highest BCUT2D eigenvalue weighted by Crippen LogP contribution is 2.35. The number of halogens is 3. The van der Waals surface area contributed by atoms with Crippen molar-refractivity contribution in [3.8, 4) is 0 Å². The summed E-state index contributed by atoms with van der Waals surface area (Å²) in [6, 6.07) is 0. The van der Waals surface area contributed by atoms with Gasteiger partial charge >= 0.3 is 11.9 Å². The molecule has 0 aliphatic rings. The number of carboxylic acids is 2.